The van der Waals surface area contributed by atoms with Crippen molar-refractivity contribution < 1.29 is 0 Å². The van der Waals surface area contributed by atoms with E-state index in [1.807, 2.05) is 19.9 Å². The Labute approximate surface area is 128 Å². The van der Waals surface area contributed by atoms with E-state index in [1.54, 1.807) is 6.07 Å². The molecule has 3 heteroatoms. The topological polar surface area (TPSA) is 17.1 Å². The number of fused-ring (bicyclic) bond motifs is 1. The van der Waals surface area contributed by atoms with Gasteiger partial charge in [0.15, 0.2) is 5.43 Å². The smallest absolute Gasteiger partial charge is 0.186 e. The molecule has 0 aliphatic heterocycles. The van der Waals surface area contributed by atoms with Crippen LogP contribution in [0.5, 0.6) is 0 Å². The molecule has 0 bridgehead atoms. The number of benzene rings is 1. The fraction of sp³-hybridized carbons (Fsp3) is 0.214. The molecule has 0 spiro atoms. The van der Waals surface area contributed by atoms with Crippen molar-refractivity contribution >= 4 is 56.0 Å². The Morgan fingerprint density at radius 1 is 0.765 bits per heavy atom. The van der Waals surface area contributed by atoms with Gasteiger partial charge in [-0.2, -0.15) is 0 Å². The van der Waals surface area contributed by atoms with E-state index in [-0.39, 0.29) is 5.43 Å². The molecule has 0 atom stereocenters. The summed E-state index contributed by atoms with van der Waals surface area (Å²) < 4.78 is 2.33. The Balaban J connectivity index is 3.14. The van der Waals surface area contributed by atoms with Gasteiger partial charge in [-0.05, 0) is 101 Å². The number of hydrogen-bond acceptors (Lipinski definition) is 1. The summed E-state index contributed by atoms with van der Waals surface area (Å²) in [4.78, 5) is 12.2. The van der Waals surface area contributed by atoms with Gasteiger partial charge in [0.05, 0.1) is 0 Å². The second-order valence-corrected chi connectivity index (χ2v) is 6.46. The van der Waals surface area contributed by atoms with Gasteiger partial charge in [-0.1, -0.05) is 0 Å². The van der Waals surface area contributed by atoms with Gasteiger partial charge < -0.3 is 0 Å². The van der Waals surface area contributed by atoms with E-state index in [1.165, 1.54) is 18.3 Å². The molecule has 2 aromatic carbocycles. The van der Waals surface area contributed by atoms with Gasteiger partial charge in [0.2, 0.25) is 0 Å². The van der Waals surface area contributed by atoms with Crippen LogP contribution in [0.15, 0.2) is 23.0 Å². The summed E-state index contributed by atoms with van der Waals surface area (Å²) in [6.45, 7) is 6.12. The summed E-state index contributed by atoms with van der Waals surface area (Å²) >= 11 is 4.64. The molecule has 0 saturated carbocycles. The Bertz CT molecular complexity index is 675. The predicted molar refractivity (Wildman–Crippen MR) is 89.9 cm³/mol. The highest BCUT2D eigenvalue weighted by molar-refractivity contribution is 14.1. The average Bonchev–Trinajstić information content (AvgIpc) is 2.35. The zero-order valence-corrected chi connectivity index (χ0v) is 14.2. The second kappa shape index (κ2) is 4.84. The maximum absolute atomic E-state index is 12.2. The fourth-order valence-corrected chi connectivity index (χ4v) is 3.15. The van der Waals surface area contributed by atoms with Gasteiger partial charge in [-0.3, -0.25) is 4.79 Å². The maximum atomic E-state index is 12.2. The first-order valence-corrected chi connectivity index (χ1v) is 7.47. The summed E-state index contributed by atoms with van der Waals surface area (Å²) in [5.74, 6) is 0. The predicted octanol–water partition coefficient (Wildman–Crippen LogP) is 4.33. The molecule has 17 heavy (non-hydrogen) atoms. The molecule has 0 fully saturated rings. The summed E-state index contributed by atoms with van der Waals surface area (Å²) in [5, 5.41) is 1.89. The summed E-state index contributed by atoms with van der Waals surface area (Å²) in [6.07, 6.45) is 0. The van der Waals surface area contributed by atoms with Crippen molar-refractivity contribution in [3.63, 3.8) is 0 Å². The summed E-state index contributed by atoms with van der Waals surface area (Å²) in [7, 11) is 0. The summed E-state index contributed by atoms with van der Waals surface area (Å²) in [6, 6.07) is 5.86. The molecule has 0 radical (unpaired) electrons. The van der Waals surface area contributed by atoms with Crippen LogP contribution < -0.4 is 5.43 Å². The fourth-order valence-electron chi connectivity index (χ4n) is 1.83. The Kier molecular flexibility index (Phi) is 3.77. The molecule has 0 aliphatic carbocycles. The SMILES string of the molecule is Cc1cc2c(I)c(I)c(C)cc(=O)c2cc1C. The minimum Gasteiger partial charge on any atom is -0.289 e. The monoisotopic (exact) mass is 450 g/mol. The molecule has 2 aromatic rings. The van der Waals surface area contributed by atoms with E-state index < -0.39 is 0 Å². The third-order valence-corrected chi connectivity index (χ3v) is 6.56. The van der Waals surface area contributed by atoms with Crippen LogP contribution >= 0.6 is 45.2 Å². The first-order valence-electron chi connectivity index (χ1n) is 5.31. The van der Waals surface area contributed by atoms with Crippen LogP contribution in [0.3, 0.4) is 0 Å². The van der Waals surface area contributed by atoms with Gasteiger partial charge in [0.25, 0.3) is 0 Å². The lowest BCUT2D eigenvalue weighted by atomic mass is 10.0. The highest BCUT2D eigenvalue weighted by Gasteiger charge is 2.08. The van der Waals surface area contributed by atoms with Crippen LogP contribution in [-0.2, 0) is 0 Å². The van der Waals surface area contributed by atoms with E-state index in [0.717, 1.165) is 16.3 Å². The second-order valence-electron chi connectivity index (χ2n) is 4.30. The van der Waals surface area contributed by atoms with E-state index in [4.69, 9.17) is 0 Å². The molecular formula is C14H12I2O. The molecule has 0 aromatic heterocycles. The van der Waals surface area contributed by atoms with E-state index in [9.17, 15) is 4.79 Å². The van der Waals surface area contributed by atoms with Crippen molar-refractivity contribution in [2.45, 2.75) is 20.8 Å². The largest absolute Gasteiger partial charge is 0.289 e. The van der Waals surface area contributed by atoms with Gasteiger partial charge in [-0.25, -0.2) is 0 Å². The van der Waals surface area contributed by atoms with Crippen molar-refractivity contribution in [2.24, 2.45) is 0 Å². The van der Waals surface area contributed by atoms with E-state index in [2.05, 4.69) is 58.2 Å². The van der Waals surface area contributed by atoms with Crippen molar-refractivity contribution in [3.05, 3.63) is 52.3 Å². The van der Waals surface area contributed by atoms with Crippen molar-refractivity contribution in [1.82, 2.24) is 0 Å². The molecule has 1 nitrogen and oxygen atoms in total. The molecule has 0 aliphatic rings. The lowest BCUT2D eigenvalue weighted by Gasteiger charge is -2.03. The highest BCUT2D eigenvalue weighted by Crippen LogP contribution is 2.26. The minimum absolute atomic E-state index is 0.112. The number of aryl methyl sites for hydroxylation is 3. The maximum Gasteiger partial charge on any atom is 0.186 e. The Morgan fingerprint density at radius 2 is 1.29 bits per heavy atom. The normalized spacial score (nSPS) is 10.9. The van der Waals surface area contributed by atoms with E-state index >= 15 is 0 Å². The van der Waals surface area contributed by atoms with Crippen LogP contribution in [0.2, 0.25) is 0 Å². The van der Waals surface area contributed by atoms with Gasteiger partial charge >= 0.3 is 0 Å². The molecule has 0 N–H and O–H groups in total. The van der Waals surface area contributed by atoms with Crippen molar-refractivity contribution in [2.75, 3.05) is 0 Å². The first kappa shape index (κ1) is 13.3. The standard InChI is InChI=1S/C14H12I2O/c1-7-4-10-11(5-8(7)2)14(16)13(15)9(3)6-12(10)17/h4-6H,1-3H3. The number of halogens is 2. The highest BCUT2D eigenvalue weighted by atomic mass is 127. The molecule has 0 saturated heterocycles. The van der Waals surface area contributed by atoms with Crippen LogP contribution in [0.4, 0.5) is 0 Å². The third kappa shape index (κ3) is 2.36. The molecule has 2 rings (SSSR count). The van der Waals surface area contributed by atoms with Crippen LogP contribution in [0.1, 0.15) is 16.7 Å². The zero-order chi connectivity index (χ0) is 12.7. The van der Waals surface area contributed by atoms with Crippen LogP contribution in [-0.4, -0.2) is 0 Å². The Morgan fingerprint density at radius 3 is 1.88 bits per heavy atom. The van der Waals surface area contributed by atoms with Crippen molar-refractivity contribution in [1.29, 1.82) is 0 Å². The molecule has 0 heterocycles. The average molecular weight is 450 g/mol. The first-order chi connectivity index (χ1) is 7.91. The van der Waals surface area contributed by atoms with Gasteiger partial charge in [0.1, 0.15) is 0 Å². The zero-order valence-electron chi connectivity index (χ0n) is 9.90. The van der Waals surface area contributed by atoms with Gasteiger partial charge in [0, 0.05) is 17.9 Å². The van der Waals surface area contributed by atoms with Crippen LogP contribution in [0.25, 0.3) is 10.8 Å². The van der Waals surface area contributed by atoms with E-state index in [0.29, 0.717) is 0 Å². The number of hydrogen-bond donors (Lipinski definition) is 0. The van der Waals surface area contributed by atoms with Gasteiger partial charge in [-0.15, -0.1) is 0 Å². The third-order valence-electron chi connectivity index (χ3n) is 3.02. The Hall–Kier alpha value is -0.170. The lowest BCUT2D eigenvalue weighted by Crippen LogP contribution is -1.97. The molecular weight excluding hydrogens is 438 g/mol. The quantitative estimate of drug-likeness (QED) is 0.547. The minimum atomic E-state index is 0.112. The lowest BCUT2D eigenvalue weighted by molar-refractivity contribution is 1.36. The van der Waals surface area contributed by atoms with Crippen molar-refractivity contribution in [3.8, 4) is 0 Å². The summed E-state index contributed by atoms with van der Waals surface area (Å²) in [5.41, 5.74) is 3.56. The molecule has 0 amide bonds. The number of rotatable bonds is 0. The molecule has 0 unspecified atom stereocenters. The molecule has 88 valence electrons. The van der Waals surface area contributed by atoms with Crippen LogP contribution in [0, 0.1) is 27.9 Å².